The van der Waals surface area contributed by atoms with Crippen LogP contribution in [0.3, 0.4) is 0 Å². The number of halogens is 2. The smallest absolute Gasteiger partial charge is 0.282 e. The first-order valence-electron chi connectivity index (χ1n) is 8.16. The molecule has 1 saturated heterocycles. The zero-order chi connectivity index (χ0) is 19.7. The third-order valence-electron chi connectivity index (χ3n) is 3.89. The highest BCUT2D eigenvalue weighted by Gasteiger charge is 2.34. The standard InChI is InChI=1S/C20H12BrClN2O3S/c21-17-11-14(27-20(17)28-15-8-6-12(22)7-9-15)10-16-18(25)23-24(19(16)26)13-4-2-1-3-5-13/h1-11H,(H,23,25). The number of benzene rings is 2. The van der Waals surface area contributed by atoms with Gasteiger partial charge in [0.05, 0.1) is 10.2 Å². The third-order valence-corrected chi connectivity index (χ3v) is 5.99. The molecule has 1 aliphatic rings. The van der Waals surface area contributed by atoms with Gasteiger partial charge in [-0.1, -0.05) is 41.6 Å². The molecule has 0 unspecified atom stereocenters. The van der Waals surface area contributed by atoms with E-state index in [4.69, 9.17) is 16.0 Å². The number of hydrazine groups is 1. The number of hydrogen-bond donors (Lipinski definition) is 1. The summed E-state index contributed by atoms with van der Waals surface area (Å²) in [7, 11) is 0. The van der Waals surface area contributed by atoms with Crippen LogP contribution < -0.4 is 10.4 Å². The minimum Gasteiger partial charge on any atom is -0.449 e. The van der Waals surface area contributed by atoms with Crippen molar-refractivity contribution in [2.75, 3.05) is 5.01 Å². The Hall–Kier alpha value is -2.48. The number of furan rings is 1. The van der Waals surface area contributed by atoms with E-state index in [2.05, 4.69) is 21.4 Å². The zero-order valence-electron chi connectivity index (χ0n) is 14.2. The fraction of sp³-hybridized carbons (Fsp3) is 0. The molecule has 3 aromatic rings. The zero-order valence-corrected chi connectivity index (χ0v) is 17.3. The monoisotopic (exact) mass is 474 g/mol. The van der Waals surface area contributed by atoms with Crippen LogP contribution in [-0.2, 0) is 9.59 Å². The van der Waals surface area contributed by atoms with Crippen molar-refractivity contribution in [3.05, 3.63) is 81.5 Å². The van der Waals surface area contributed by atoms with Crippen LogP contribution in [-0.4, -0.2) is 11.8 Å². The van der Waals surface area contributed by atoms with Gasteiger partial charge in [0.15, 0.2) is 5.09 Å². The summed E-state index contributed by atoms with van der Waals surface area (Å²) in [5.41, 5.74) is 3.16. The summed E-state index contributed by atoms with van der Waals surface area (Å²) in [6.07, 6.45) is 1.44. The lowest BCUT2D eigenvalue weighted by molar-refractivity contribution is -0.117. The Morgan fingerprint density at radius 1 is 1.07 bits per heavy atom. The van der Waals surface area contributed by atoms with Crippen molar-refractivity contribution >= 4 is 62.9 Å². The lowest BCUT2D eigenvalue weighted by atomic mass is 10.2. The number of anilines is 1. The summed E-state index contributed by atoms with van der Waals surface area (Å²) in [5.74, 6) is -0.513. The van der Waals surface area contributed by atoms with E-state index in [-0.39, 0.29) is 5.57 Å². The summed E-state index contributed by atoms with van der Waals surface area (Å²) < 4.78 is 6.53. The molecule has 1 aliphatic heterocycles. The first-order valence-corrected chi connectivity index (χ1v) is 10.1. The van der Waals surface area contributed by atoms with Gasteiger partial charge in [0.25, 0.3) is 11.8 Å². The van der Waals surface area contributed by atoms with E-state index < -0.39 is 11.8 Å². The SMILES string of the molecule is O=C1NN(c2ccccc2)C(=O)C1=Cc1cc(Br)c(Sc2ccc(Cl)cc2)o1. The van der Waals surface area contributed by atoms with Crippen molar-refractivity contribution in [1.82, 2.24) is 5.43 Å². The molecule has 0 bridgehead atoms. The van der Waals surface area contributed by atoms with E-state index in [9.17, 15) is 9.59 Å². The van der Waals surface area contributed by atoms with E-state index in [1.54, 1.807) is 42.5 Å². The minimum absolute atomic E-state index is 0.00754. The maximum Gasteiger partial charge on any atom is 0.282 e. The van der Waals surface area contributed by atoms with Crippen LogP contribution in [0.4, 0.5) is 5.69 Å². The highest BCUT2D eigenvalue weighted by atomic mass is 79.9. The Morgan fingerprint density at radius 3 is 2.50 bits per heavy atom. The van der Waals surface area contributed by atoms with Crippen LogP contribution in [0.1, 0.15) is 5.76 Å². The van der Waals surface area contributed by atoms with Crippen LogP contribution in [0.2, 0.25) is 5.02 Å². The second-order valence-corrected chi connectivity index (χ2v) is 8.15. The minimum atomic E-state index is -0.478. The summed E-state index contributed by atoms with van der Waals surface area (Å²) in [5, 5.41) is 2.48. The van der Waals surface area contributed by atoms with Gasteiger partial charge in [0.1, 0.15) is 11.3 Å². The van der Waals surface area contributed by atoms with Crippen LogP contribution in [0.15, 0.2) is 85.1 Å². The van der Waals surface area contributed by atoms with E-state index >= 15 is 0 Å². The van der Waals surface area contributed by atoms with Gasteiger partial charge in [-0.3, -0.25) is 15.0 Å². The summed E-state index contributed by atoms with van der Waals surface area (Å²) in [6.45, 7) is 0. The fourth-order valence-electron chi connectivity index (χ4n) is 2.58. The van der Waals surface area contributed by atoms with Crippen molar-refractivity contribution in [3.8, 4) is 0 Å². The first-order chi connectivity index (χ1) is 13.5. The lowest BCUT2D eigenvalue weighted by Crippen LogP contribution is -2.35. The topological polar surface area (TPSA) is 62.6 Å². The number of amides is 2. The molecular weight excluding hydrogens is 464 g/mol. The van der Waals surface area contributed by atoms with E-state index in [1.807, 2.05) is 18.2 Å². The van der Waals surface area contributed by atoms with Gasteiger partial charge in [-0.15, -0.1) is 0 Å². The molecule has 2 aromatic carbocycles. The molecule has 8 heteroatoms. The Balaban J connectivity index is 1.58. The quantitative estimate of drug-likeness (QED) is 0.410. The summed E-state index contributed by atoms with van der Waals surface area (Å²) in [4.78, 5) is 25.9. The fourth-order valence-corrected chi connectivity index (χ4v) is 4.03. The lowest BCUT2D eigenvalue weighted by Gasteiger charge is -2.13. The van der Waals surface area contributed by atoms with Gasteiger partial charge in [0.2, 0.25) is 0 Å². The number of nitrogens with one attached hydrogen (secondary N) is 1. The van der Waals surface area contributed by atoms with E-state index in [1.165, 1.54) is 22.8 Å². The molecule has 4 rings (SSSR count). The highest BCUT2D eigenvalue weighted by Crippen LogP contribution is 2.37. The van der Waals surface area contributed by atoms with Crippen molar-refractivity contribution in [3.63, 3.8) is 0 Å². The molecule has 5 nitrogen and oxygen atoms in total. The summed E-state index contributed by atoms with van der Waals surface area (Å²) in [6, 6.07) is 18.0. The van der Waals surface area contributed by atoms with Gasteiger partial charge in [0, 0.05) is 9.92 Å². The number of para-hydroxylation sites is 1. The second kappa shape index (κ2) is 7.87. The molecule has 1 N–H and O–H groups in total. The number of rotatable bonds is 4. The predicted molar refractivity (Wildman–Crippen MR) is 112 cm³/mol. The average Bonchev–Trinajstić information content (AvgIpc) is 3.18. The molecule has 0 aliphatic carbocycles. The normalized spacial score (nSPS) is 15.4. The molecule has 28 heavy (non-hydrogen) atoms. The van der Waals surface area contributed by atoms with Gasteiger partial charge >= 0.3 is 0 Å². The maximum atomic E-state index is 12.6. The van der Waals surface area contributed by atoms with Gasteiger partial charge in [-0.25, -0.2) is 5.01 Å². The molecule has 2 amide bonds. The van der Waals surface area contributed by atoms with E-state index in [0.717, 1.165) is 9.37 Å². The molecule has 0 radical (unpaired) electrons. The van der Waals surface area contributed by atoms with Crippen molar-refractivity contribution < 1.29 is 14.0 Å². The first kappa shape index (κ1) is 18.9. The van der Waals surface area contributed by atoms with Crippen molar-refractivity contribution in [2.24, 2.45) is 0 Å². The number of carbonyl (C=O) groups excluding carboxylic acids is 2. The third kappa shape index (κ3) is 3.87. The number of carbonyl (C=O) groups is 2. The molecule has 0 spiro atoms. The molecule has 0 atom stereocenters. The molecule has 1 fully saturated rings. The molecular formula is C20H12BrClN2O3S. The van der Waals surface area contributed by atoms with Gasteiger partial charge < -0.3 is 4.42 Å². The molecule has 2 heterocycles. The average molecular weight is 476 g/mol. The number of nitrogens with zero attached hydrogens (tertiary/aromatic N) is 1. The van der Waals surface area contributed by atoms with Crippen LogP contribution >= 0.6 is 39.3 Å². The Kier molecular flexibility index (Phi) is 5.30. The molecule has 0 saturated carbocycles. The van der Waals surface area contributed by atoms with Crippen molar-refractivity contribution in [1.29, 1.82) is 0 Å². The van der Waals surface area contributed by atoms with Crippen LogP contribution in [0, 0.1) is 0 Å². The van der Waals surface area contributed by atoms with Crippen LogP contribution in [0.25, 0.3) is 6.08 Å². The number of hydrogen-bond acceptors (Lipinski definition) is 4. The summed E-state index contributed by atoms with van der Waals surface area (Å²) >= 11 is 10.8. The maximum absolute atomic E-state index is 12.6. The Bertz CT molecular complexity index is 1080. The van der Waals surface area contributed by atoms with Gasteiger partial charge in [-0.05, 0) is 64.5 Å². The molecule has 140 valence electrons. The second-order valence-electron chi connectivity index (χ2n) is 5.82. The van der Waals surface area contributed by atoms with Crippen molar-refractivity contribution in [2.45, 2.75) is 9.99 Å². The Labute approximate surface area is 178 Å². The Morgan fingerprint density at radius 2 is 1.79 bits per heavy atom. The highest BCUT2D eigenvalue weighted by molar-refractivity contribution is 9.10. The predicted octanol–water partition coefficient (Wildman–Crippen LogP) is 5.31. The van der Waals surface area contributed by atoms with E-state index in [0.29, 0.717) is 21.6 Å². The molecule has 1 aromatic heterocycles. The van der Waals surface area contributed by atoms with Gasteiger partial charge in [-0.2, -0.15) is 0 Å². The van der Waals surface area contributed by atoms with Crippen LogP contribution in [0.5, 0.6) is 0 Å². The largest absolute Gasteiger partial charge is 0.449 e.